The summed E-state index contributed by atoms with van der Waals surface area (Å²) in [6.07, 6.45) is 4.54. The van der Waals surface area contributed by atoms with Crippen LogP contribution in [0.2, 0.25) is 0 Å². The van der Waals surface area contributed by atoms with Crippen molar-refractivity contribution in [3.05, 3.63) is 29.8 Å². The maximum Gasteiger partial charge on any atom is 0.254 e. The van der Waals surface area contributed by atoms with Crippen LogP contribution in [0.25, 0.3) is 5.78 Å². The summed E-state index contributed by atoms with van der Waals surface area (Å²) in [5.41, 5.74) is 0.926. The van der Waals surface area contributed by atoms with Crippen LogP contribution >= 0.6 is 0 Å². The Morgan fingerprint density at radius 2 is 2.28 bits per heavy atom. The lowest BCUT2D eigenvalue weighted by molar-refractivity contribution is 0.201. The van der Waals surface area contributed by atoms with E-state index in [9.17, 15) is 0 Å². The lowest BCUT2D eigenvalue weighted by atomic mass is 10.1. The van der Waals surface area contributed by atoms with Gasteiger partial charge in [-0.1, -0.05) is 12.1 Å². The smallest absolute Gasteiger partial charge is 0.254 e. The fraction of sp³-hybridized carbons (Fsp3) is 0.562. The minimum absolute atomic E-state index is 0.334. The van der Waals surface area contributed by atoms with E-state index in [0.29, 0.717) is 17.7 Å². The topological polar surface area (TPSA) is 97.3 Å². The van der Waals surface area contributed by atoms with Gasteiger partial charge in [0.05, 0.1) is 6.54 Å². The molecule has 9 heteroatoms. The number of piperidine rings is 1. The molecule has 4 heterocycles. The molecule has 1 atom stereocenters. The van der Waals surface area contributed by atoms with E-state index in [2.05, 4.69) is 35.4 Å². The Morgan fingerprint density at radius 3 is 3.12 bits per heavy atom. The third kappa shape index (κ3) is 3.46. The zero-order chi connectivity index (χ0) is 17.2. The van der Waals surface area contributed by atoms with E-state index >= 15 is 0 Å². The van der Waals surface area contributed by atoms with Crippen molar-refractivity contribution in [3.8, 4) is 0 Å². The van der Waals surface area contributed by atoms with Crippen LogP contribution in [0.4, 0.5) is 5.82 Å². The molecule has 1 fully saturated rings. The minimum Gasteiger partial charge on any atom is -0.366 e. The predicted octanol–water partition coefficient (Wildman–Crippen LogP) is 1.45. The maximum atomic E-state index is 5.20. The summed E-state index contributed by atoms with van der Waals surface area (Å²) in [6.45, 7) is 6.67. The third-order valence-electron chi connectivity index (χ3n) is 4.42. The van der Waals surface area contributed by atoms with Crippen molar-refractivity contribution < 1.29 is 4.52 Å². The van der Waals surface area contributed by atoms with Gasteiger partial charge in [-0.3, -0.25) is 4.90 Å². The molecule has 0 spiro atoms. The van der Waals surface area contributed by atoms with Crippen LogP contribution in [0.5, 0.6) is 0 Å². The van der Waals surface area contributed by atoms with E-state index in [1.165, 1.54) is 6.33 Å². The van der Waals surface area contributed by atoms with Gasteiger partial charge < -0.3 is 9.84 Å². The third-order valence-corrected chi connectivity index (χ3v) is 4.42. The normalized spacial score (nSPS) is 18.7. The first-order valence-electron chi connectivity index (χ1n) is 8.69. The van der Waals surface area contributed by atoms with Crippen molar-refractivity contribution in [1.29, 1.82) is 0 Å². The van der Waals surface area contributed by atoms with Crippen LogP contribution in [0, 0.1) is 6.92 Å². The second-order valence-electron chi connectivity index (χ2n) is 6.43. The van der Waals surface area contributed by atoms with Gasteiger partial charge in [-0.15, -0.1) is 0 Å². The number of likely N-dealkylation sites (tertiary alicyclic amines) is 1. The monoisotopic (exact) mass is 342 g/mol. The molecule has 1 aliphatic rings. The molecule has 1 N–H and O–H groups in total. The van der Waals surface area contributed by atoms with Gasteiger partial charge in [0, 0.05) is 30.8 Å². The average molecular weight is 342 g/mol. The Balaban J connectivity index is 1.44. The lowest BCUT2D eigenvalue weighted by Crippen LogP contribution is -2.42. The summed E-state index contributed by atoms with van der Waals surface area (Å²) < 4.78 is 6.95. The van der Waals surface area contributed by atoms with Gasteiger partial charge in [0.15, 0.2) is 5.82 Å². The van der Waals surface area contributed by atoms with E-state index in [4.69, 9.17) is 4.52 Å². The van der Waals surface area contributed by atoms with Crippen LogP contribution in [0.3, 0.4) is 0 Å². The van der Waals surface area contributed by atoms with Crippen LogP contribution < -0.4 is 5.32 Å². The standard InChI is InChI=1S/C16H22N8O/c1-3-15-21-13(22-25-15)9-23-6-4-5-12(8-23)20-14-7-11(2)19-16-17-10-18-24(14)16/h7,10,12,20H,3-6,8-9H2,1-2H3. The number of hydrogen-bond acceptors (Lipinski definition) is 8. The quantitative estimate of drug-likeness (QED) is 0.744. The van der Waals surface area contributed by atoms with Crippen molar-refractivity contribution in [2.75, 3.05) is 18.4 Å². The van der Waals surface area contributed by atoms with E-state index in [1.54, 1.807) is 4.52 Å². The number of aryl methyl sites for hydroxylation is 2. The number of anilines is 1. The largest absolute Gasteiger partial charge is 0.366 e. The Morgan fingerprint density at radius 1 is 1.36 bits per heavy atom. The minimum atomic E-state index is 0.334. The molecule has 0 radical (unpaired) electrons. The first kappa shape index (κ1) is 15.9. The fourth-order valence-corrected chi connectivity index (χ4v) is 3.26. The number of rotatable bonds is 5. The summed E-state index contributed by atoms with van der Waals surface area (Å²) in [7, 11) is 0. The summed E-state index contributed by atoms with van der Waals surface area (Å²) in [5.74, 6) is 3.01. The molecule has 3 aromatic heterocycles. The average Bonchev–Trinajstić information content (AvgIpc) is 3.24. The van der Waals surface area contributed by atoms with Crippen LogP contribution in [0.15, 0.2) is 16.9 Å². The molecule has 1 unspecified atom stereocenters. The van der Waals surface area contributed by atoms with Gasteiger partial charge >= 0.3 is 0 Å². The van der Waals surface area contributed by atoms with Crippen LogP contribution in [0.1, 0.15) is 37.2 Å². The highest BCUT2D eigenvalue weighted by Gasteiger charge is 2.22. The van der Waals surface area contributed by atoms with Crippen LogP contribution in [-0.2, 0) is 13.0 Å². The molecule has 0 bridgehead atoms. The Bertz CT molecular complexity index is 857. The zero-order valence-corrected chi connectivity index (χ0v) is 14.5. The summed E-state index contributed by atoms with van der Waals surface area (Å²) in [6, 6.07) is 2.34. The molecular formula is C16H22N8O. The molecule has 132 valence electrons. The number of hydrogen-bond donors (Lipinski definition) is 1. The van der Waals surface area contributed by atoms with Gasteiger partial charge in [0.25, 0.3) is 5.78 Å². The first-order chi connectivity index (χ1) is 12.2. The van der Waals surface area contributed by atoms with Gasteiger partial charge in [-0.2, -0.15) is 19.6 Å². The molecule has 25 heavy (non-hydrogen) atoms. The van der Waals surface area contributed by atoms with Gasteiger partial charge in [-0.05, 0) is 26.3 Å². The number of fused-ring (bicyclic) bond motifs is 1. The predicted molar refractivity (Wildman–Crippen MR) is 91.1 cm³/mol. The Kier molecular flexibility index (Phi) is 4.31. The molecule has 3 aromatic rings. The Labute approximate surface area is 145 Å². The fourth-order valence-electron chi connectivity index (χ4n) is 3.26. The van der Waals surface area contributed by atoms with E-state index in [1.807, 2.05) is 19.9 Å². The molecule has 1 aliphatic heterocycles. The molecule has 4 rings (SSSR count). The molecule has 0 aliphatic carbocycles. The highest BCUT2D eigenvalue weighted by molar-refractivity contribution is 5.45. The zero-order valence-electron chi connectivity index (χ0n) is 14.5. The SMILES string of the molecule is CCc1nc(CN2CCCC(Nc3cc(C)nc4ncnn34)C2)no1. The Hall–Kier alpha value is -2.55. The highest BCUT2D eigenvalue weighted by atomic mass is 16.5. The number of aromatic nitrogens is 6. The maximum absolute atomic E-state index is 5.20. The number of nitrogens with one attached hydrogen (secondary N) is 1. The van der Waals surface area contributed by atoms with Crippen molar-refractivity contribution in [1.82, 2.24) is 34.6 Å². The lowest BCUT2D eigenvalue weighted by Gasteiger charge is -2.32. The van der Waals surface area contributed by atoms with Gasteiger partial charge in [-0.25, -0.2) is 4.98 Å². The molecular weight excluding hydrogens is 320 g/mol. The van der Waals surface area contributed by atoms with Gasteiger partial charge in [0.2, 0.25) is 5.89 Å². The first-order valence-corrected chi connectivity index (χ1v) is 8.69. The van der Waals surface area contributed by atoms with Crippen LogP contribution in [-0.4, -0.2) is 53.8 Å². The summed E-state index contributed by atoms with van der Waals surface area (Å²) in [5, 5.41) is 11.9. The van der Waals surface area contributed by atoms with Crippen molar-refractivity contribution >= 4 is 11.6 Å². The molecule has 0 saturated carbocycles. The second-order valence-corrected chi connectivity index (χ2v) is 6.43. The second kappa shape index (κ2) is 6.75. The van der Waals surface area contributed by atoms with Crippen molar-refractivity contribution in [3.63, 3.8) is 0 Å². The molecule has 1 saturated heterocycles. The molecule has 9 nitrogen and oxygen atoms in total. The van der Waals surface area contributed by atoms with Crippen molar-refractivity contribution in [2.45, 2.75) is 45.7 Å². The highest BCUT2D eigenvalue weighted by Crippen LogP contribution is 2.18. The van der Waals surface area contributed by atoms with E-state index < -0.39 is 0 Å². The summed E-state index contributed by atoms with van der Waals surface area (Å²) in [4.78, 5) is 15.3. The summed E-state index contributed by atoms with van der Waals surface area (Å²) >= 11 is 0. The van der Waals surface area contributed by atoms with E-state index in [0.717, 1.165) is 56.2 Å². The van der Waals surface area contributed by atoms with Gasteiger partial charge in [0.1, 0.15) is 12.1 Å². The molecule has 0 amide bonds. The van der Waals surface area contributed by atoms with Crippen molar-refractivity contribution in [2.24, 2.45) is 0 Å². The number of nitrogens with zero attached hydrogens (tertiary/aromatic N) is 7. The molecule has 0 aromatic carbocycles. The van der Waals surface area contributed by atoms with E-state index in [-0.39, 0.29) is 0 Å².